The number of carbonyl (C=O) groups excluding carboxylic acids is 2. The van der Waals surface area contributed by atoms with Crippen molar-refractivity contribution in [2.24, 2.45) is 0 Å². The fourth-order valence-corrected chi connectivity index (χ4v) is 3.74. The predicted octanol–water partition coefficient (Wildman–Crippen LogP) is 3.23. The van der Waals surface area contributed by atoms with Crippen LogP contribution in [-0.2, 0) is 22.7 Å². The van der Waals surface area contributed by atoms with Gasteiger partial charge in [0.1, 0.15) is 18.0 Å². The molecule has 3 aromatic rings. The normalized spacial score (nSPS) is 10.6. The summed E-state index contributed by atoms with van der Waals surface area (Å²) in [6, 6.07) is 12.4. The van der Waals surface area contributed by atoms with Crippen LogP contribution in [0.2, 0.25) is 0 Å². The van der Waals surface area contributed by atoms with Crippen LogP contribution >= 0.6 is 11.3 Å². The molecule has 2 aromatic heterocycles. The monoisotopic (exact) mass is 411 g/mol. The third kappa shape index (κ3) is 5.17. The second-order valence-corrected chi connectivity index (χ2v) is 7.60. The van der Waals surface area contributed by atoms with Gasteiger partial charge in [0.05, 0.1) is 5.69 Å². The Bertz CT molecular complexity index is 1080. The lowest BCUT2D eigenvalue weighted by Gasteiger charge is -2.13. The number of ether oxygens (including phenoxy) is 1. The number of amides is 1. The number of benzene rings is 1. The molecule has 0 atom stereocenters. The molecular formula is C21H21N3O4S. The average Bonchev–Trinajstić information content (AvgIpc) is 3.03. The summed E-state index contributed by atoms with van der Waals surface area (Å²) in [4.78, 5) is 40.9. The number of rotatable bonds is 6. The summed E-state index contributed by atoms with van der Waals surface area (Å²) >= 11 is 1.08. The molecule has 0 bridgehead atoms. The molecule has 29 heavy (non-hydrogen) atoms. The number of aromatic nitrogens is 2. The fraction of sp³-hybridized carbons (Fsp3) is 0.238. The minimum Gasteiger partial charge on any atom is -0.457 e. The van der Waals surface area contributed by atoms with Gasteiger partial charge >= 0.3 is 5.97 Å². The van der Waals surface area contributed by atoms with Gasteiger partial charge in [-0.3, -0.25) is 9.59 Å². The molecule has 3 rings (SSSR count). The Morgan fingerprint density at radius 1 is 1.10 bits per heavy atom. The van der Waals surface area contributed by atoms with Crippen LogP contribution in [0, 0.1) is 20.8 Å². The van der Waals surface area contributed by atoms with Gasteiger partial charge in [-0.15, -0.1) is 0 Å². The second kappa shape index (κ2) is 8.83. The van der Waals surface area contributed by atoms with E-state index in [1.807, 2.05) is 30.3 Å². The van der Waals surface area contributed by atoms with E-state index in [1.165, 1.54) is 12.1 Å². The lowest BCUT2D eigenvalue weighted by Crippen LogP contribution is -2.23. The van der Waals surface area contributed by atoms with Gasteiger partial charge < -0.3 is 14.6 Å². The summed E-state index contributed by atoms with van der Waals surface area (Å²) in [5, 5.41) is 3.04. The predicted molar refractivity (Wildman–Crippen MR) is 111 cm³/mol. The van der Waals surface area contributed by atoms with Crippen molar-refractivity contribution in [3.05, 3.63) is 80.2 Å². The summed E-state index contributed by atoms with van der Waals surface area (Å²) in [5.41, 5.74) is 2.70. The minimum atomic E-state index is -0.476. The first-order valence-corrected chi connectivity index (χ1v) is 9.81. The topological polar surface area (TPSA) is 90.3 Å². The highest BCUT2D eigenvalue weighted by molar-refractivity contribution is 7.17. The summed E-state index contributed by atoms with van der Waals surface area (Å²) in [5.74, 6) is -0.769. The van der Waals surface area contributed by atoms with Gasteiger partial charge in [0, 0.05) is 23.5 Å². The molecule has 8 heteroatoms. The molecule has 1 N–H and O–H groups in total. The van der Waals surface area contributed by atoms with Crippen LogP contribution in [0.15, 0.2) is 47.3 Å². The Labute approximate surface area is 172 Å². The molecular weight excluding hydrogens is 390 g/mol. The summed E-state index contributed by atoms with van der Waals surface area (Å²) < 4.78 is 7.08. The second-order valence-electron chi connectivity index (χ2n) is 6.60. The first-order valence-electron chi connectivity index (χ1n) is 9.00. The number of hydrogen-bond donors (Lipinski definition) is 1. The van der Waals surface area contributed by atoms with Crippen LogP contribution in [-0.4, -0.2) is 21.4 Å². The van der Waals surface area contributed by atoms with E-state index in [4.69, 9.17) is 4.74 Å². The van der Waals surface area contributed by atoms with E-state index in [-0.39, 0.29) is 24.5 Å². The van der Waals surface area contributed by atoms with Gasteiger partial charge in [0.15, 0.2) is 10.6 Å². The van der Waals surface area contributed by atoms with Crippen molar-refractivity contribution in [1.82, 2.24) is 9.55 Å². The molecule has 0 unspecified atom stereocenters. The van der Waals surface area contributed by atoms with E-state index in [1.54, 1.807) is 25.3 Å². The highest BCUT2D eigenvalue weighted by Crippen LogP contribution is 2.24. The van der Waals surface area contributed by atoms with Crippen LogP contribution in [0.25, 0.3) is 0 Å². The van der Waals surface area contributed by atoms with Crippen molar-refractivity contribution in [2.75, 3.05) is 5.32 Å². The van der Waals surface area contributed by atoms with Crippen molar-refractivity contribution in [2.45, 2.75) is 33.9 Å². The highest BCUT2D eigenvalue weighted by atomic mass is 32.1. The largest absolute Gasteiger partial charge is 0.457 e. The van der Waals surface area contributed by atoms with Gasteiger partial charge in [-0.1, -0.05) is 41.7 Å². The standard InChI is InChI=1S/C21H21N3O4S/c1-13-9-17(25)10-14(2)24(13)11-18(26)23-21-22-15(3)19(29-21)20(27)28-12-16-7-5-4-6-8-16/h4-10H,11-12H2,1-3H3,(H,22,23,26). The van der Waals surface area contributed by atoms with E-state index in [2.05, 4.69) is 10.3 Å². The Kier molecular flexibility index (Phi) is 6.23. The summed E-state index contributed by atoms with van der Waals surface area (Å²) in [6.45, 7) is 5.46. The summed E-state index contributed by atoms with van der Waals surface area (Å²) in [7, 11) is 0. The molecule has 0 aliphatic heterocycles. The number of aryl methyl sites for hydroxylation is 3. The van der Waals surface area contributed by atoms with E-state index < -0.39 is 5.97 Å². The molecule has 0 fully saturated rings. The van der Waals surface area contributed by atoms with E-state index >= 15 is 0 Å². The number of carbonyl (C=O) groups is 2. The lowest BCUT2D eigenvalue weighted by molar-refractivity contribution is -0.116. The van der Waals surface area contributed by atoms with Crippen molar-refractivity contribution in [1.29, 1.82) is 0 Å². The van der Waals surface area contributed by atoms with Crippen LogP contribution < -0.4 is 10.7 Å². The zero-order valence-electron chi connectivity index (χ0n) is 16.4. The van der Waals surface area contributed by atoms with Crippen LogP contribution in [0.5, 0.6) is 0 Å². The Morgan fingerprint density at radius 2 is 1.76 bits per heavy atom. The molecule has 0 aliphatic carbocycles. The zero-order chi connectivity index (χ0) is 21.0. The first-order chi connectivity index (χ1) is 13.8. The van der Waals surface area contributed by atoms with Crippen molar-refractivity contribution < 1.29 is 14.3 Å². The van der Waals surface area contributed by atoms with E-state index in [9.17, 15) is 14.4 Å². The molecule has 0 aliphatic rings. The van der Waals surface area contributed by atoms with Crippen LogP contribution in [0.4, 0.5) is 5.13 Å². The van der Waals surface area contributed by atoms with Gasteiger partial charge in [0.2, 0.25) is 5.91 Å². The number of hydrogen-bond acceptors (Lipinski definition) is 6. The van der Waals surface area contributed by atoms with Crippen LogP contribution in [0.3, 0.4) is 0 Å². The fourth-order valence-electron chi connectivity index (χ4n) is 2.87. The molecule has 2 heterocycles. The lowest BCUT2D eigenvalue weighted by atomic mass is 10.2. The SMILES string of the molecule is Cc1nc(NC(=O)Cn2c(C)cc(=O)cc2C)sc1C(=O)OCc1ccccc1. The molecule has 0 saturated carbocycles. The molecule has 0 spiro atoms. The maximum Gasteiger partial charge on any atom is 0.350 e. The van der Waals surface area contributed by atoms with Gasteiger partial charge in [-0.2, -0.15) is 0 Å². The zero-order valence-corrected chi connectivity index (χ0v) is 17.2. The Balaban J connectivity index is 1.64. The number of thiazole rings is 1. The quantitative estimate of drug-likeness (QED) is 0.629. The molecule has 0 radical (unpaired) electrons. The van der Waals surface area contributed by atoms with Gasteiger partial charge in [0.25, 0.3) is 0 Å². The average molecular weight is 411 g/mol. The maximum absolute atomic E-state index is 12.4. The number of esters is 1. The van der Waals surface area contributed by atoms with Crippen molar-refractivity contribution >= 4 is 28.3 Å². The summed E-state index contributed by atoms with van der Waals surface area (Å²) in [6.07, 6.45) is 0. The van der Waals surface area contributed by atoms with E-state index in [0.29, 0.717) is 27.1 Å². The smallest absolute Gasteiger partial charge is 0.350 e. The Hall–Kier alpha value is -3.26. The number of nitrogens with one attached hydrogen (secondary N) is 1. The number of pyridine rings is 1. The van der Waals surface area contributed by atoms with Crippen LogP contribution in [0.1, 0.15) is 32.3 Å². The molecule has 1 aromatic carbocycles. The highest BCUT2D eigenvalue weighted by Gasteiger charge is 2.18. The third-order valence-corrected chi connectivity index (χ3v) is 5.35. The molecule has 150 valence electrons. The van der Waals surface area contributed by atoms with Crippen molar-refractivity contribution in [3.63, 3.8) is 0 Å². The van der Waals surface area contributed by atoms with Gasteiger partial charge in [-0.05, 0) is 26.3 Å². The number of anilines is 1. The first kappa shape index (κ1) is 20.5. The Morgan fingerprint density at radius 3 is 2.41 bits per heavy atom. The number of nitrogens with zero attached hydrogens (tertiary/aromatic N) is 2. The third-order valence-electron chi connectivity index (χ3n) is 4.30. The maximum atomic E-state index is 12.4. The van der Waals surface area contributed by atoms with Crippen molar-refractivity contribution in [3.8, 4) is 0 Å². The molecule has 0 saturated heterocycles. The van der Waals surface area contributed by atoms with E-state index in [0.717, 1.165) is 16.9 Å². The van der Waals surface area contributed by atoms with Gasteiger partial charge in [-0.25, -0.2) is 9.78 Å². The minimum absolute atomic E-state index is 0.0460. The molecule has 1 amide bonds. The molecule has 7 nitrogen and oxygen atoms in total.